The molecule has 2 aromatic rings. The number of aromatic amines is 1. The van der Waals surface area contributed by atoms with Crippen molar-refractivity contribution >= 4 is 28.2 Å². The van der Waals surface area contributed by atoms with E-state index in [9.17, 15) is 5.26 Å². The Morgan fingerprint density at radius 1 is 1.38 bits per heavy atom. The topological polar surface area (TPSA) is 115 Å². The first-order chi connectivity index (χ1) is 10.2. The molecule has 0 unspecified atom stereocenters. The standard InChI is InChI=1S/C14H16N6O/c1-21-10-6-8-9(7-15)14(20-4-2-3-5-20)19-13(17)11(8)12(16)18-10/h6H,2-5H2,1H3,(H2,16,18)(H2,17,19)/p+1. The highest BCUT2D eigenvalue weighted by atomic mass is 16.5. The number of fused-ring (bicyclic) bond motifs is 1. The van der Waals surface area contributed by atoms with Crippen LogP contribution in [0.15, 0.2) is 6.07 Å². The quantitative estimate of drug-likeness (QED) is 0.839. The molecule has 5 N–H and O–H groups in total. The van der Waals surface area contributed by atoms with Gasteiger partial charge in [-0.05, 0) is 12.8 Å². The summed E-state index contributed by atoms with van der Waals surface area (Å²) >= 11 is 0. The molecule has 21 heavy (non-hydrogen) atoms. The van der Waals surface area contributed by atoms with Crippen molar-refractivity contribution in [2.24, 2.45) is 0 Å². The molecule has 3 rings (SSSR count). The fraction of sp³-hybridized carbons (Fsp3) is 0.357. The van der Waals surface area contributed by atoms with Gasteiger partial charge in [-0.15, -0.1) is 0 Å². The number of pyridine rings is 2. The summed E-state index contributed by atoms with van der Waals surface area (Å²) in [4.78, 5) is 9.40. The molecule has 0 amide bonds. The molecule has 1 aliphatic heterocycles. The third kappa shape index (κ3) is 2.05. The molecule has 0 bridgehead atoms. The van der Waals surface area contributed by atoms with Crippen molar-refractivity contribution in [3.05, 3.63) is 11.6 Å². The second-order valence-corrected chi connectivity index (χ2v) is 5.04. The number of aromatic nitrogens is 2. The van der Waals surface area contributed by atoms with Gasteiger partial charge in [-0.3, -0.25) is 5.73 Å². The van der Waals surface area contributed by atoms with E-state index < -0.39 is 0 Å². The lowest BCUT2D eigenvalue weighted by Gasteiger charge is -2.19. The number of nitriles is 1. The molecular weight excluding hydrogens is 268 g/mol. The Labute approximate surface area is 122 Å². The van der Waals surface area contributed by atoms with Gasteiger partial charge in [0, 0.05) is 24.5 Å². The maximum atomic E-state index is 9.57. The molecule has 0 aliphatic carbocycles. The fourth-order valence-electron chi connectivity index (χ4n) is 2.78. The van der Waals surface area contributed by atoms with Crippen LogP contribution in [-0.2, 0) is 0 Å². The zero-order chi connectivity index (χ0) is 15.0. The molecule has 0 spiro atoms. The van der Waals surface area contributed by atoms with E-state index in [2.05, 4.69) is 20.9 Å². The molecule has 0 aromatic carbocycles. The SMILES string of the molecule is COc1cc2c(C#N)c(N3CCCC3)nc(N)c2c(N)[nH+]1. The van der Waals surface area contributed by atoms with E-state index in [1.54, 1.807) is 6.07 Å². The number of anilines is 3. The summed E-state index contributed by atoms with van der Waals surface area (Å²) in [6, 6.07) is 3.97. The van der Waals surface area contributed by atoms with Gasteiger partial charge in [0.2, 0.25) is 0 Å². The van der Waals surface area contributed by atoms with Crippen molar-refractivity contribution in [1.82, 2.24) is 4.98 Å². The third-order valence-electron chi connectivity index (χ3n) is 3.78. The Balaban J connectivity index is 2.34. The normalized spacial score (nSPS) is 14.4. The van der Waals surface area contributed by atoms with Crippen LogP contribution in [0.25, 0.3) is 10.8 Å². The maximum Gasteiger partial charge on any atom is 0.284 e. The molecule has 2 aromatic heterocycles. The van der Waals surface area contributed by atoms with E-state index >= 15 is 0 Å². The largest absolute Gasteiger partial charge is 0.466 e. The lowest BCUT2D eigenvalue weighted by molar-refractivity contribution is -0.374. The average Bonchev–Trinajstić information content (AvgIpc) is 3.00. The van der Waals surface area contributed by atoms with E-state index in [1.807, 2.05) is 0 Å². The molecule has 7 nitrogen and oxygen atoms in total. The Hall–Kier alpha value is -2.75. The lowest BCUT2D eigenvalue weighted by atomic mass is 10.1. The summed E-state index contributed by atoms with van der Waals surface area (Å²) in [5, 5.41) is 10.8. The second-order valence-electron chi connectivity index (χ2n) is 5.04. The first-order valence-electron chi connectivity index (χ1n) is 6.79. The number of rotatable bonds is 2. The Morgan fingerprint density at radius 3 is 2.71 bits per heavy atom. The molecule has 3 heterocycles. The van der Waals surface area contributed by atoms with Crippen LogP contribution in [0.4, 0.5) is 17.5 Å². The zero-order valence-electron chi connectivity index (χ0n) is 11.8. The zero-order valence-corrected chi connectivity index (χ0v) is 11.8. The van der Waals surface area contributed by atoms with Gasteiger partial charge < -0.3 is 15.4 Å². The Bertz CT molecular complexity index is 745. The van der Waals surface area contributed by atoms with Gasteiger partial charge in [0.05, 0.1) is 7.11 Å². The summed E-state index contributed by atoms with van der Waals surface area (Å²) in [5.74, 6) is 1.78. The summed E-state index contributed by atoms with van der Waals surface area (Å²) in [6.45, 7) is 1.77. The number of nitrogen functional groups attached to an aromatic ring is 2. The maximum absolute atomic E-state index is 9.57. The molecular formula is C14H17N6O+. The number of ether oxygens (including phenoxy) is 1. The number of nitrogens with one attached hydrogen (secondary N) is 1. The second kappa shape index (κ2) is 4.98. The third-order valence-corrected chi connectivity index (χ3v) is 3.78. The van der Waals surface area contributed by atoms with Gasteiger partial charge in [0.15, 0.2) is 0 Å². The smallest absolute Gasteiger partial charge is 0.284 e. The molecule has 0 atom stereocenters. The molecule has 1 saturated heterocycles. The van der Waals surface area contributed by atoms with Crippen LogP contribution in [0.1, 0.15) is 18.4 Å². The van der Waals surface area contributed by atoms with Crippen LogP contribution in [0.3, 0.4) is 0 Å². The number of H-pyrrole nitrogens is 1. The van der Waals surface area contributed by atoms with Crippen molar-refractivity contribution in [1.29, 1.82) is 5.26 Å². The summed E-state index contributed by atoms with van der Waals surface area (Å²) in [7, 11) is 1.54. The van der Waals surface area contributed by atoms with Gasteiger partial charge in [0.1, 0.15) is 28.7 Å². The van der Waals surface area contributed by atoms with E-state index in [0.29, 0.717) is 39.7 Å². The van der Waals surface area contributed by atoms with E-state index in [4.69, 9.17) is 16.2 Å². The van der Waals surface area contributed by atoms with Gasteiger partial charge >= 0.3 is 0 Å². The molecule has 0 saturated carbocycles. The predicted octanol–water partition coefficient (Wildman–Crippen LogP) is 0.694. The van der Waals surface area contributed by atoms with Gasteiger partial charge in [-0.1, -0.05) is 0 Å². The number of nitrogens with two attached hydrogens (primary N) is 2. The average molecular weight is 285 g/mol. The number of hydrogen-bond donors (Lipinski definition) is 2. The monoisotopic (exact) mass is 285 g/mol. The first kappa shape index (κ1) is 13.2. The minimum atomic E-state index is 0.322. The van der Waals surface area contributed by atoms with Crippen molar-refractivity contribution in [2.75, 3.05) is 36.6 Å². The first-order valence-corrected chi connectivity index (χ1v) is 6.79. The highest BCUT2D eigenvalue weighted by molar-refractivity contribution is 6.03. The fourth-order valence-corrected chi connectivity index (χ4v) is 2.78. The van der Waals surface area contributed by atoms with Crippen molar-refractivity contribution in [3.63, 3.8) is 0 Å². The number of hydrogen-bond acceptors (Lipinski definition) is 6. The van der Waals surface area contributed by atoms with Crippen molar-refractivity contribution < 1.29 is 9.72 Å². The molecule has 108 valence electrons. The van der Waals surface area contributed by atoms with E-state index in [0.717, 1.165) is 25.9 Å². The van der Waals surface area contributed by atoms with Crippen molar-refractivity contribution in [2.45, 2.75) is 12.8 Å². The van der Waals surface area contributed by atoms with E-state index in [-0.39, 0.29) is 0 Å². The molecule has 1 fully saturated rings. The van der Waals surface area contributed by atoms with Crippen molar-refractivity contribution in [3.8, 4) is 11.9 Å². The van der Waals surface area contributed by atoms with Crippen LogP contribution in [0.5, 0.6) is 5.88 Å². The molecule has 1 aliphatic rings. The minimum absolute atomic E-state index is 0.322. The van der Waals surface area contributed by atoms with Crippen LogP contribution in [0, 0.1) is 11.3 Å². The predicted molar refractivity (Wildman–Crippen MR) is 79.8 cm³/mol. The lowest BCUT2D eigenvalue weighted by Crippen LogP contribution is -2.22. The van der Waals surface area contributed by atoms with Crippen LogP contribution in [-0.4, -0.2) is 25.2 Å². The van der Waals surface area contributed by atoms with Gasteiger partial charge in [-0.2, -0.15) is 5.26 Å². The Kier molecular flexibility index (Phi) is 3.14. The van der Waals surface area contributed by atoms with Crippen LogP contribution >= 0.6 is 0 Å². The minimum Gasteiger partial charge on any atom is -0.466 e. The van der Waals surface area contributed by atoms with Crippen LogP contribution < -0.4 is 26.1 Å². The van der Waals surface area contributed by atoms with E-state index in [1.165, 1.54) is 7.11 Å². The van der Waals surface area contributed by atoms with Gasteiger partial charge in [-0.25, -0.2) is 9.97 Å². The summed E-state index contributed by atoms with van der Waals surface area (Å²) < 4.78 is 5.19. The number of nitrogens with zero attached hydrogens (tertiary/aromatic N) is 3. The number of methoxy groups -OCH3 is 1. The molecule has 7 heteroatoms. The van der Waals surface area contributed by atoms with Gasteiger partial charge in [0.25, 0.3) is 11.7 Å². The highest BCUT2D eigenvalue weighted by Gasteiger charge is 2.24. The Morgan fingerprint density at radius 2 is 2.10 bits per heavy atom. The molecule has 0 radical (unpaired) electrons. The summed E-state index contributed by atoms with van der Waals surface area (Å²) in [5.41, 5.74) is 12.5. The summed E-state index contributed by atoms with van der Waals surface area (Å²) in [6.07, 6.45) is 2.19. The van der Waals surface area contributed by atoms with Crippen LogP contribution in [0.2, 0.25) is 0 Å². The highest BCUT2D eigenvalue weighted by Crippen LogP contribution is 2.34.